The first kappa shape index (κ1) is 18.0. The first-order valence-electron chi connectivity index (χ1n) is 9.48. The van der Waals surface area contributed by atoms with E-state index in [2.05, 4.69) is 45.6 Å². The van der Waals surface area contributed by atoms with Crippen molar-refractivity contribution in [2.75, 3.05) is 13.2 Å². The van der Waals surface area contributed by atoms with Crippen molar-refractivity contribution in [1.29, 1.82) is 0 Å². The summed E-state index contributed by atoms with van der Waals surface area (Å²) in [6.07, 6.45) is 2.71. The molecule has 1 fully saturated rings. The number of thiazole rings is 1. The summed E-state index contributed by atoms with van der Waals surface area (Å²) in [4.78, 5) is 21.6. The predicted molar refractivity (Wildman–Crippen MR) is 113 cm³/mol. The molecule has 4 heterocycles. The minimum atomic E-state index is -0.151. The van der Waals surface area contributed by atoms with E-state index in [1.807, 2.05) is 34.8 Å². The molecule has 1 saturated heterocycles. The molecule has 3 aromatic heterocycles. The van der Waals surface area contributed by atoms with Crippen molar-refractivity contribution in [3.05, 3.63) is 70.3 Å². The number of benzene rings is 1. The number of rotatable bonds is 5. The molecule has 0 saturated carbocycles. The Hall–Kier alpha value is -3.03. The van der Waals surface area contributed by atoms with Crippen LogP contribution in [0.1, 0.15) is 21.6 Å². The second kappa shape index (κ2) is 7.42. The fraction of sp³-hybridized carbons (Fsp3) is 0.227. The highest BCUT2D eigenvalue weighted by atomic mass is 32.1. The molecule has 1 aliphatic rings. The molecule has 1 aliphatic heterocycles. The van der Waals surface area contributed by atoms with Gasteiger partial charge in [-0.15, -0.1) is 11.3 Å². The van der Waals surface area contributed by atoms with Crippen LogP contribution in [0.15, 0.2) is 53.5 Å². The molecule has 6 nitrogen and oxygen atoms in total. The van der Waals surface area contributed by atoms with E-state index in [1.54, 1.807) is 11.3 Å². The van der Waals surface area contributed by atoms with Crippen molar-refractivity contribution in [2.24, 2.45) is 7.05 Å². The number of pyridine rings is 1. The Balaban J connectivity index is 1.46. The third-order valence-corrected chi connectivity index (χ3v) is 5.79. The SMILES string of the molecule is Cn1ccc2c(Cc3ccc(-c4cscn4)cc3)cc(C(=O)NC3COC3)nc21. The van der Waals surface area contributed by atoms with E-state index in [-0.39, 0.29) is 11.9 Å². The molecular weight excluding hydrogens is 384 g/mol. The summed E-state index contributed by atoms with van der Waals surface area (Å²) in [6, 6.07) is 12.5. The van der Waals surface area contributed by atoms with Gasteiger partial charge in [0.1, 0.15) is 11.3 Å². The van der Waals surface area contributed by atoms with E-state index in [1.165, 1.54) is 5.56 Å². The van der Waals surface area contributed by atoms with Crippen LogP contribution >= 0.6 is 11.3 Å². The number of hydrogen-bond acceptors (Lipinski definition) is 5. The van der Waals surface area contributed by atoms with Crippen molar-refractivity contribution in [3.8, 4) is 11.3 Å². The smallest absolute Gasteiger partial charge is 0.270 e. The number of carbonyl (C=O) groups excluding carboxylic acids is 1. The van der Waals surface area contributed by atoms with Crippen LogP contribution in [0.2, 0.25) is 0 Å². The summed E-state index contributed by atoms with van der Waals surface area (Å²) in [6.45, 7) is 1.13. The Morgan fingerprint density at radius 1 is 1.28 bits per heavy atom. The van der Waals surface area contributed by atoms with E-state index in [9.17, 15) is 4.79 Å². The molecule has 29 heavy (non-hydrogen) atoms. The third kappa shape index (κ3) is 3.54. The normalized spacial score (nSPS) is 14.1. The maximum Gasteiger partial charge on any atom is 0.270 e. The van der Waals surface area contributed by atoms with Crippen LogP contribution < -0.4 is 5.32 Å². The average Bonchev–Trinajstić information content (AvgIpc) is 3.36. The number of ether oxygens (including phenoxy) is 1. The molecule has 0 spiro atoms. The van der Waals surface area contributed by atoms with Crippen LogP contribution in [-0.2, 0) is 18.2 Å². The van der Waals surface area contributed by atoms with Crippen molar-refractivity contribution >= 4 is 28.3 Å². The lowest BCUT2D eigenvalue weighted by molar-refractivity contribution is -0.00354. The number of fused-ring (bicyclic) bond motifs is 1. The highest BCUT2D eigenvalue weighted by Crippen LogP contribution is 2.24. The van der Waals surface area contributed by atoms with Crippen molar-refractivity contribution < 1.29 is 9.53 Å². The minimum absolute atomic E-state index is 0.0788. The van der Waals surface area contributed by atoms with Crippen LogP contribution in [0.4, 0.5) is 0 Å². The molecule has 1 N–H and O–H groups in total. The topological polar surface area (TPSA) is 69.0 Å². The number of nitrogens with one attached hydrogen (secondary N) is 1. The zero-order valence-electron chi connectivity index (χ0n) is 16.0. The van der Waals surface area contributed by atoms with Gasteiger partial charge in [0.05, 0.1) is 30.5 Å². The second-order valence-corrected chi connectivity index (χ2v) is 8.00. The molecule has 0 aliphatic carbocycles. The Kier molecular flexibility index (Phi) is 4.61. The molecule has 1 amide bonds. The number of carbonyl (C=O) groups is 1. The van der Waals surface area contributed by atoms with Gasteiger partial charge in [0.2, 0.25) is 0 Å². The molecule has 146 valence electrons. The summed E-state index contributed by atoms with van der Waals surface area (Å²) < 4.78 is 7.10. The Morgan fingerprint density at radius 3 is 2.79 bits per heavy atom. The highest BCUT2D eigenvalue weighted by Gasteiger charge is 2.22. The molecule has 0 bridgehead atoms. The summed E-state index contributed by atoms with van der Waals surface area (Å²) in [5, 5.41) is 6.10. The minimum Gasteiger partial charge on any atom is -0.377 e. The quantitative estimate of drug-likeness (QED) is 0.553. The lowest BCUT2D eigenvalue weighted by Gasteiger charge is -2.26. The molecule has 0 radical (unpaired) electrons. The van der Waals surface area contributed by atoms with E-state index >= 15 is 0 Å². The molecular formula is C22H20N4O2S. The van der Waals surface area contributed by atoms with Crippen LogP contribution in [-0.4, -0.2) is 39.7 Å². The summed E-state index contributed by atoms with van der Waals surface area (Å²) >= 11 is 1.59. The monoisotopic (exact) mass is 404 g/mol. The van der Waals surface area contributed by atoms with Crippen LogP contribution in [0.5, 0.6) is 0 Å². The third-order valence-electron chi connectivity index (χ3n) is 5.21. The standard InChI is InChI=1S/C22H20N4O2S/c1-26-7-6-18-16(8-14-2-4-15(5-3-14)20-12-29-13-23-20)9-19(25-21(18)26)22(27)24-17-10-28-11-17/h2-7,9,12-13,17H,8,10-11H2,1H3,(H,24,27). The second-order valence-electron chi connectivity index (χ2n) is 7.29. The molecule has 4 aromatic rings. The van der Waals surface area contributed by atoms with Gasteiger partial charge in [-0.1, -0.05) is 24.3 Å². The van der Waals surface area contributed by atoms with E-state index in [4.69, 9.17) is 4.74 Å². The van der Waals surface area contributed by atoms with Crippen LogP contribution in [0, 0.1) is 0 Å². The summed E-state index contributed by atoms with van der Waals surface area (Å²) in [5.74, 6) is -0.151. The largest absolute Gasteiger partial charge is 0.377 e. The van der Waals surface area contributed by atoms with Gasteiger partial charge in [-0.05, 0) is 29.7 Å². The van der Waals surface area contributed by atoms with E-state index < -0.39 is 0 Å². The average molecular weight is 404 g/mol. The predicted octanol–water partition coefficient (Wildman–Crippen LogP) is 3.42. The highest BCUT2D eigenvalue weighted by molar-refractivity contribution is 7.07. The summed E-state index contributed by atoms with van der Waals surface area (Å²) in [5.41, 5.74) is 7.48. The van der Waals surface area contributed by atoms with Gasteiger partial charge in [-0.2, -0.15) is 0 Å². The van der Waals surface area contributed by atoms with Crippen molar-refractivity contribution in [1.82, 2.24) is 19.9 Å². The van der Waals surface area contributed by atoms with Gasteiger partial charge < -0.3 is 14.6 Å². The van der Waals surface area contributed by atoms with Gasteiger partial charge in [-0.25, -0.2) is 9.97 Å². The first-order chi connectivity index (χ1) is 14.2. The number of aryl methyl sites for hydroxylation is 1. The lowest BCUT2D eigenvalue weighted by atomic mass is 10.0. The van der Waals surface area contributed by atoms with Crippen molar-refractivity contribution in [3.63, 3.8) is 0 Å². The van der Waals surface area contributed by atoms with Gasteiger partial charge in [-0.3, -0.25) is 4.79 Å². The van der Waals surface area contributed by atoms with Gasteiger partial charge in [0.15, 0.2) is 0 Å². The zero-order chi connectivity index (χ0) is 19.8. The molecule has 7 heteroatoms. The number of hydrogen-bond donors (Lipinski definition) is 1. The number of nitrogens with zero attached hydrogens (tertiary/aromatic N) is 3. The molecule has 0 unspecified atom stereocenters. The van der Waals surface area contributed by atoms with Crippen LogP contribution in [0.3, 0.4) is 0 Å². The Bertz CT molecular complexity index is 1160. The fourth-order valence-corrected chi connectivity index (χ4v) is 4.07. The number of amides is 1. The Labute approximate surface area is 172 Å². The maximum atomic E-state index is 12.7. The molecule has 1 aromatic carbocycles. The summed E-state index contributed by atoms with van der Waals surface area (Å²) in [7, 11) is 1.95. The van der Waals surface area contributed by atoms with Crippen molar-refractivity contribution in [2.45, 2.75) is 12.5 Å². The first-order valence-corrected chi connectivity index (χ1v) is 10.4. The lowest BCUT2D eigenvalue weighted by Crippen LogP contribution is -2.48. The zero-order valence-corrected chi connectivity index (χ0v) is 16.8. The molecule has 5 rings (SSSR count). The van der Waals surface area contributed by atoms with Crippen LogP contribution in [0.25, 0.3) is 22.3 Å². The molecule has 0 atom stereocenters. The van der Waals surface area contributed by atoms with Gasteiger partial charge in [0, 0.05) is 29.6 Å². The van der Waals surface area contributed by atoms with E-state index in [0.717, 1.165) is 34.3 Å². The fourth-order valence-electron chi connectivity index (χ4n) is 3.51. The number of aromatic nitrogens is 3. The van der Waals surface area contributed by atoms with Gasteiger partial charge >= 0.3 is 0 Å². The Morgan fingerprint density at radius 2 is 2.10 bits per heavy atom. The maximum absolute atomic E-state index is 12.7. The van der Waals surface area contributed by atoms with Gasteiger partial charge in [0.25, 0.3) is 5.91 Å². The van der Waals surface area contributed by atoms with E-state index in [0.29, 0.717) is 18.9 Å².